The molecule has 0 radical (unpaired) electrons. The van der Waals surface area contributed by atoms with E-state index in [0.29, 0.717) is 22.7 Å². The number of rotatable bonds is 7. The first kappa shape index (κ1) is 27.1. The van der Waals surface area contributed by atoms with Crippen molar-refractivity contribution in [2.75, 3.05) is 25.0 Å². The van der Waals surface area contributed by atoms with Crippen LogP contribution >= 0.6 is 0 Å². The van der Waals surface area contributed by atoms with Gasteiger partial charge in [-0.1, -0.05) is 13.0 Å². The molecule has 206 valence electrons. The van der Waals surface area contributed by atoms with Gasteiger partial charge in [-0.25, -0.2) is 28.7 Å². The normalized spacial score (nSPS) is 16.6. The molecule has 4 heterocycles. The first-order valence-corrected chi connectivity index (χ1v) is 13.5. The number of benzene rings is 1. The van der Waals surface area contributed by atoms with Crippen molar-refractivity contribution in [2.45, 2.75) is 59.1 Å². The molecule has 0 spiro atoms. The number of halogens is 2. The van der Waals surface area contributed by atoms with E-state index in [1.54, 1.807) is 18.3 Å². The molecule has 10 heteroatoms. The quantitative estimate of drug-likeness (QED) is 0.312. The van der Waals surface area contributed by atoms with E-state index in [-0.39, 0.29) is 29.1 Å². The second kappa shape index (κ2) is 10.6. The summed E-state index contributed by atoms with van der Waals surface area (Å²) in [5, 5.41) is 14.3. The molecule has 0 unspecified atom stereocenters. The molecule has 3 aromatic heterocycles. The van der Waals surface area contributed by atoms with Crippen LogP contribution < -0.4 is 5.32 Å². The fraction of sp³-hybridized carbons (Fsp3) is 0.448. The van der Waals surface area contributed by atoms with Crippen molar-refractivity contribution >= 4 is 22.8 Å². The summed E-state index contributed by atoms with van der Waals surface area (Å²) < 4.78 is 31.7. The Balaban J connectivity index is 1.39. The van der Waals surface area contributed by atoms with Crippen molar-refractivity contribution in [1.82, 2.24) is 29.4 Å². The number of likely N-dealkylation sites (tertiary alicyclic amines) is 1. The summed E-state index contributed by atoms with van der Waals surface area (Å²) in [4.78, 5) is 19.6. The van der Waals surface area contributed by atoms with E-state index in [4.69, 9.17) is 0 Å². The largest absolute Gasteiger partial charge is 0.385 e. The third-order valence-corrected chi connectivity index (χ3v) is 7.88. The zero-order valence-electron chi connectivity index (χ0n) is 23.0. The van der Waals surface area contributed by atoms with Crippen molar-refractivity contribution < 1.29 is 13.9 Å². The Hall–Kier alpha value is -3.50. The van der Waals surface area contributed by atoms with Gasteiger partial charge in [-0.3, -0.25) is 0 Å². The molecule has 1 aliphatic rings. The lowest BCUT2D eigenvalue weighted by Crippen LogP contribution is -2.41. The molecule has 1 aromatic carbocycles. The maximum absolute atomic E-state index is 15.0. The summed E-state index contributed by atoms with van der Waals surface area (Å²) in [6.45, 7) is 12.8. The van der Waals surface area contributed by atoms with Crippen LogP contribution in [0.2, 0.25) is 0 Å². The number of hydrogen-bond acceptors (Lipinski definition) is 7. The number of nitrogens with zero attached hydrogens (tertiary/aromatic N) is 6. The van der Waals surface area contributed by atoms with Crippen molar-refractivity contribution in [3.63, 3.8) is 0 Å². The van der Waals surface area contributed by atoms with E-state index < -0.39 is 17.2 Å². The van der Waals surface area contributed by atoms with Gasteiger partial charge in [-0.05, 0) is 84.3 Å². The van der Waals surface area contributed by atoms with E-state index in [0.717, 1.165) is 44.2 Å². The van der Waals surface area contributed by atoms with Gasteiger partial charge >= 0.3 is 0 Å². The van der Waals surface area contributed by atoms with Crippen LogP contribution in [0.4, 0.5) is 20.5 Å². The number of nitrogens with one attached hydrogen (secondary N) is 1. The molecule has 8 nitrogen and oxygen atoms in total. The van der Waals surface area contributed by atoms with Gasteiger partial charge in [-0.15, -0.1) is 0 Å². The first-order valence-electron chi connectivity index (χ1n) is 13.5. The van der Waals surface area contributed by atoms with Gasteiger partial charge in [0.15, 0.2) is 11.6 Å². The Labute approximate surface area is 227 Å². The number of aryl methyl sites for hydroxylation is 1. The first-order chi connectivity index (χ1) is 18.6. The molecule has 2 N–H and O–H groups in total. The maximum Gasteiger partial charge on any atom is 0.229 e. The number of imidazole rings is 1. The van der Waals surface area contributed by atoms with Crippen LogP contribution in [0.3, 0.4) is 0 Å². The number of fused-ring (bicyclic) bond motifs is 1. The molecular weight excluding hydrogens is 500 g/mol. The minimum absolute atomic E-state index is 0.0274. The van der Waals surface area contributed by atoms with Gasteiger partial charge in [0.05, 0.1) is 17.3 Å². The minimum Gasteiger partial charge on any atom is -0.385 e. The Morgan fingerprint density at radius 2 is 1.82 bits per heavy atom. The van der Waals surface area contributed by atoms with Gasteiger partial charge in [-0.2, -0.15) is 0 Å². The molecule has 0 aliphatic carbocycles. The average molecular weight is 536 g/mol. The van der Waals surface area contributed by atoms with Gasteiger partial charge < -0.3 is 19.9 Å². The molecule has 1 atom stereocenters. The van der Waals surface area contributed by atoms with Gasteiger partial charge in [0, 0.05) is 23.4 Å². The SMILES string of the molecule is CCN1CCC([C@@](C)(O)c2ccc(Nc3ncc(F)c(-c4cc(F)c5nc(C)n(C(C)C)c5c4)n3)nc2)CC1. The van der Waals surface area contributed by atoms with E-state index in [1.807, 2.05) is 38.3 Å². The van der Waals surface area contributed by atoms with Gasteiger partial charge in [0.1, 0.15) is 22.9 Å². The number of hydrogen-bond donors (Lipinski definition) is 2. The maximum atomic E-state index is 15.0. The molecule has 1 aliphatic heterocycles. The van der Waals surface area contributed by atoms with Crippen LogP contribution in [0.1, 0.15) is 58.0 Å². The summed E-state index contributed by atoms with van der Waals surface area (Å²) in [5.41, 5.74) is 0.834. The number of pyridine rings is 1. The standard InChI is InChI=1S/C29H35F2N7O/c1-6-37-11-9-20(10-12-37)29(5,39)21-7-8-25(32-15-21)35-28-33-16-23(31)26(36-28)19-13-22(30)27-24(14-19)38(17(2)3)18(4)34-27/h7-8,13-17,20,39H,6,9-12H2,1-5H3,(H,32,33,35,36)/t29-/m1/s1. The van der Waals surface area contributed by atoms with E-state index >= 15 is 0 Å². The highest BCUT2D eigenvalue weighted by Crippen LogP contribution is 2.36. The number of anilines is 2. The molecule has 0 amide bonds. The van der Waals surface area contributed by atoms with Crippen LogP contribution in [0.25, 0.3) is 22.3 Å². The zero-order valence-corrected chi connectivity index (χ0v) is 23.0. The average Bonchev–Trinajstić information content (AvgIpc) is 3.26. The van der Waals surface area contributed by atoms with E-state index in [1.165, 1.54) is 6.07 Å². The predicted octanol–water partition coefficient (Wildman–Crippen LogP) is 5.74. The summed E-state index contributed by atoms with van der Waals surface area (Å²) in [7, 11) is 0. The Morgan fingerprint density at radius 3 is 2.46 bits per heavy atom. The number of piperidine rings is 1. The van der Waals surface area contributed by atoms with Crippen molar-refractivity contribution in [2.24, 2.45) is 5.92 Å². The Kier molecular flexibility index (Phi) is 7.35. The predicted molar refractivity (Wildman–Crippen MR) is 148 cm³/mol. The van der Waals surface area contributed by atoms with E-state index in [9.17, 15) is 13.9 Å². The molecule has 0 bridgehead atoms. The Bertz CT molecular complexity index is 1480. The minimum atomic E-state index is -0.992. The molecule has 5 rings (SSSR count). The Morgan fingerprint density at radius 1 is 1.08 bits per heavy atom. The molecule has 0 saturated carbocycles. The van der Waals surface area contributed by atoms with Crippen LogP contribution in [0.15, 0.2) is 36.7 Å². The highest BCUT2D eigenvalue weighted by Gasteiger charge is 2.36. The fourth-order valence-corrected chi connectivity index (χ4v) is 5.62. The van der Waals surface area contributed by atoms with Gasteiger partial charge in [0.25, 0.3) is 0 Å². The molecular formula is C29H35F2N7O. The second-order valence-corrected chi connectivity index (χ2v) is 10.8. The summed E-state index contributed by atoms with van der Waals surface area (Å²) in [5.74, 6) is 0.198. The highest BCUT2D eigenvalue weighted by atomic mass is 19.1. The van der Waals surface area contributed by atoms with Crippen LogP contribution in [0.5, 0.6) is 0 Å². The van der Waals surface area contributed by atoms with Crippen molar-refractivity contribution in [3.8, 4) is 11.3 Å². The van der Waals surface area contributed by atoms with Crippen LogP contribution in [0, 0.1) is 24.5 Å². The van der Waals surface area contributed by atoms with Crippen LogP contribution in [-0.2, 0) is 5.60 Å². The topological polar surface area (TPSA) is 92.0 Å². The van der Waals surface area contributed by atoms with Crippen molar-refractivity contribution in [1.29, 1.82) is 0 Å². The molecule has 39 heavy (non-hydrogen) atoms. The summed E-state index contributed by atoms with van der Waals surface area (Å²) >= 11 is 0. The molecule has 1 saturated heterocycles. The zero-order chi connectivity index (χ0) is 27.9. The number of aliphatic hydroxyl groups is 1. The lowest BCUT2D eigenvalue weighted by Gasteiger charge is -2.39. The molecule has 1 fully saturated rings. The smallest absolute Gasteiger partial charge is 0.229 e. The fourth-order valence-electron chi connectivity index (χ4n) is 5.62. The van der Waals surface area contributed by atoms with Crippen LogP contribution in [-0.4, -0.2) is 54.1 Å². The highest BCUT2D eigenvalue weighted by molar-refractivity contribution is 5.83. The van der Waals surface area contributed by atoms with Gasteiger partial charge in [0.2, 0.25) is 5.95 Å². The third kappa shape index (κ3) is 5.23. The lowest BCUT2D eigenvalue weighted by atomic mass is 9.78. The molecule has 4 aromatic rings. The van der Waals surface area contributed by atoms with E-state index in [2.05, 4.69) is 37.1 Å². The summed E-state index contributed by atoms with van der Waals surface area (Å²) in [6, 6.07) is 6.58. The lowest BCUT2D eigenvalue weighted by molar-refractivity contribution is -0.0326. The van der Waals surface area contributed by atoms with Crippen molar-refractivity contribution in [3.05, 3.63) is 59.7 Å². The monoisotopic (exact) mass is 535 g/mol. The number of aromatic nitrogens is 5. The second-order valence-electron chi connectivity index (χ2n) is 10.8. The summed E-state index contributed by atoms with van der Waals surface area (Å²) in [6.07, 6.45) is 4.56. The third-order valence-electron chi connectivity index (χ3n) is 7.88.